The molecule has 8 aromatic rings. The molecule has 0 radical (unpaired) electrons. The van der Waals surface area contributed by atoms with E-state index in [2.05, 4.69) is 203 Å². The van der Waals surface area contributed by atoms with E-state index < -0.39 is 0 Å². The van der Waals surface area contributed by atoms with Crippen LogP contribution in [0.5, 0.6) is 0 Å². The number of rotatable bonds is 7. The first-order valence-electron chi connectivity index (χ1n) is 20.7. The Labute approximate surface area is 348 Å². The molecule has 59 heavy (non-hydrogen) atoms. The van der Waals surface area contributed by atoms with Gasteiger partial charge in [0.2, 0.25) is 0 Å². The maximum Gasteiger partial charge on any atom is 0.0543 e. The number of allylic oxidation sites excluding steroid dienone is 4. The smallest absolute Gasteiger partial charge is 0.0543 e. The van der Waals surface area contributed by atoms with Crippen LogP contribution in [0.4, 0.5) is 17.1 Å². The number of nitrogens with zero attached hydrogens (tertiary/aromatic N) is 1. The molecule has 282 valence electrons. The predicted molar refractivity (Wildman–Crippen MR) is 252 cm³/mol. The summed E-state index contributed by atoms with van der Waals surface area (Å²) in [6.07, 6.45) is 5.78. The molecule has 0 fully saturated rings. The Morgan fingerprint density at radius 3 is 1.85 bits per heavy atom. The van der Waals surface area contributed by atoms with Gasteiger partial charge in [0.15, 0.2) is 0 Å². The lowest BCUT2D eigenvalue weighted by molar-refractivity contribution is 0.660. The second kappa shape index (κ2) is 12.8. The number of hydrogen-bond acceptors (Lipinski definition) is 1. The molecule has 0 aliphatic heterocycles. The van der Waals surface area contributed by atoms with Gasteiger partial charge in [-0.3, -0.25) is 0 Å². The van der Waals surface area contributed by atoms with E-state index in [1.165, 1.54) is 94.3 Å². The van der Waals surface area contributed by atoms with Crippen molar-refractivity contribution >= 4 is 33.4 Å². The molecule has 0 aromatic heterocycles. The zero-order valence-corrected chi connectivity index (χ0v) is 34.1. The molecular formula is C58H45N. The number of anilines is 3. The molecule has 0 N–H and O–H groups in total. The minimum absolute atomic E-state index is 0.119. The highest BCUT2D eigenvalue weighted by atomic mass is 15.1. The second-order valence-electron chi connectivity index (χ2n) is 17.4. The fourth-order valence-electron chi connectivity index (χ4n) is 10.7. The molecule has 3 aliphatic rings. The van der Waals surface area contributed by atoms with Crippen molar-refractivity contribution in [3.63, 3.8) is 0 Å². The van der Waals surface area contributed by atoms with Crippen molar-refractivity contribution < 1.29 is 0 Å². The minimum Gasteiger partial charge on any atom is -0.310 e. The summed E-state index contributed by atoms with van der Waals surface area (Å²) >= 11 is 0. The van der Waals surface area contributed by atoms with Crippen LogP contribution in [0.1, 0.15) is 55.5 Å². The molecule has 0 heterocycles. The topological polar surface area (TPSA) is 3.24 Å². The third kappa shape index (κ3) is 4.98. The van der Waals surface area contributed by atoms with Gasteiger partial charge in [-0.25, -0.2) is 0 Å². The summed E-state index contributed by atoms with van der Waals surface area (Å²) in [7, 11) is 0. The van der Waals surface area contributed by atoms with Gasteiger partial charge in [0, 0.05) is 27.8 Å². The zero-order valence-electron chi connectivity index (χ0n) is 34.1. The van der Waals surface area contributed by atoms with Crippen LogP contribution in [0.2, 0.25) is 0 Å². The van der Waals surface area contributed by atoms with Crippen molar-refractivity contribution in [1.29, 1.82) is 0 Å². The fourth-order valence-corrected chi connectivity index (χ4v) is 10.7. The molecule has 0 atom stereocenters. The average Bonchev–Trinajstić information content (AvgIpc) is 3.81. The Morgan fingerprint density at radius 1 is 0.475 bits per heavy atom. The second-order valence-corrected chi connectivity index (χ2v) is 17.4. The van der Waals surface area contributed by atoms with E-state index in [4.69, 9.17) is 0 Å². The van der Waals surface area contributed by atoms with Gasteiger partial charge in [0.1, 0.15) is 0 Å². The van der Waals surface area contributed by atoms with Gasteiger partial charge < -0.3 is 4.90 Å². The average molecular weight is 756 g/mol. The number of benzene rings is 8. The fraction of sp³-hybridized carbons (Fsp3) is 0.103. The Bertz CT molecular complexity index is 3120. The maximum absolute atomic E-state index is 4.14. The van der Waals surface area contributed by atoms with Crippen molar-refractivity contribution in [3.05, 3.63) is 217 Å². The lowest BCUT2D eigenvalue weighted by atomic mass is 9.81. The molecule has 0 spiro atoms. The van der Waals surface area contributed by atoms with Crippen LogP contribution in [0.15, 0.2) is 189 Å². The third-order valence-electron chi connectivity index (χ3n) is 13.6. The highest BCUT2D eigenvalue weighted by Gasteiger charge is 2.39. The van der Waals surface area contributed by atoms with Crippen molar-refractivity contribution in [1.82, 2.24) is 0 Å². The van der Waals surface area contributed by atoms with Gasteiger partial charge in [-0.05, 0) is 131 Å². The third-order valence-corrected chi connectivity index (χ3v) is 13.6. The van der Waals surface area contributed by atoms with E-state index in [0.717, 1.165) is 22.5 Å². The van der Waals surface area contributed by atoms with E-state index in [0.29, 0.717) is 0 Å². The Hall–Kier alpha value is -6.96. The molecule has 3 aliphatic carbocycles. The summed E-state index contributed by atoms with van der Waals surface area (Å²) in [6, 6.07) is 59.2. The monoisotopic (exact) mass is 755 g/mol. The van der Waals surface area contributed by atoms with E-state index >= 15 is 0 Å². The van der Waals surface area contributed by atoms with E-state index in [-0.39, 0.29) is 10.8 Å². The summed E-state index contributed by atoms with van der Waals surface area (Å²) in [5.41, 5.74) is 23.7. The zero-order chi connectivity index (χ0) is 40.2. The van der Waals surface area contributed by atoms with E-state index in [1.54, 1.807) is 0 Å². The van der Waals surface area contributed by atoms with Gasteiger partial charge in [-0.1, -0.05) is 180 Å². The summed E-state index contributed by atoms with van der Waals surface area (Å²) in [5.74, 6) is 0. The SMILES string of the molecule is C=C/C=C(\C=C)c1cccc(N(c2ccc3c(c2)C(C)(C)c2cc(-c4ccc5c6c(cccc46)-c4ccccc4-5)ccc2-3)c2cccc3c2-c2ccccc2C3(C)C)c1. The normalized spacial score (nSPS) is 14.6. The summed E-state index contributed by atoms with van der Waals surface area (Å²) < 4.78 is 0. The van der Waals surface area contributed by atoms with Crippen molar-refractivity contribution in [2.75, 3.05) is 4.90 Å². The molecule has 11 rings (SSSR count). The van der Waals surface area contributed by atoms with Gasteiger partial charge in [-0.15, -0.1) is 0 Å². The lowest BCUT2D eigenvalue weighted by Crippen LogP contribution is -2.17. The predicted octanol–water partition coefficient (Wildman–Crippen LogP) is 16.0. The molecule has 1 nitrogen and oxygen atoms in total. The molecule has 0 amide bonds. The van der Waals surface area contributed by atoms with Crippen molar-refractivity contribution in [2.24, 2.45) is 0 Å². The van der Waals surface area contributed by atoms with Crippen molar-refractivity contribution in [2.45, 2.75) is 38.5 Å². The summed E-state index contributed by atoms with van der Waals surface area (Å²) in [5, 5.41) is 2.67. The van der Waals surface area contributed by atoms with Gasteiger partial charge >= 0.3 is 0 Å². The largest absolute Gasteiger partial charge is 0.310 e. The van der Waals surface area contributed by atoms with Crippen LogP contribution in [0.25, 0.3) is 72.0 Å². The molecule has 1 heteroatoms. The molecule has 0 unspecified atom stereocenters. The van der Waals surface area contributed by atoms with Crippen molar-refractivity contribution in [3.8, 4) is 55.6 Å². The van der Waals surface area contributed by atoms with Crippen LogP contribution in [0, 0.1) is 0 Å². The quantitative estimate of drug-likeness (QED) is 0.146. The first-order valence-corrected chi connectivity index (χ1v) is 20.7. The van der Waals surface area contributed by atoms with Gasteiger partial charge in [0.05, 0.1) is 5.69 Å². The molecule has 8 aromatic carbocycles. The summed E-state index contributed by atoms with van der Waals surface area (Å²) in [4.78, 5) is 2.48. The first-order chi connectivity index (χ1) is 28.7. The first kappa shape index (κ1) is 35.2. The Kier molecular flexibility index (Phi) is 7.62. The van der Waals surface area contributed by atoms with E-state index in [9.17, 15) is 0 Å². The highest BCUT2D eigenvalue weighted by molar-refractivity contribution is 6.18. The lowest BCUT2D eigenvalue weighted by Gasteiger charge is -2.30. The van der Waals surface area contributed by atoms with Crippen LogP contribution >= 0.6 is 0 Å². The maximum atomic E-state index is 4.14. The molecule has 0 saturated heterocycles. The number of hydrogen-bond donors (Lipinski definition) is 0. The minimum atomic E-state index is -0.231. The molecular weight excluding hydrogens is 711 g/mol. The van der Waals surface area contributed by atoms with Crippen LogP contribution < -0.4 is 4.90 Å². The standard InChI is InChI=1S/C58H45N/c1-7-16-36(8-2)37-17-13-18-39(33-37)59(54-26-15-25-51-56(54)49-21-11-12-24-50(49)57(51,3)4)40-28-30-45-44-29-27-38(34-52(44)58(5,6)53(45)35-40)41-31-32-48-43-20-10-9-19-42(43)47-23-14-22-46(41)55(47)48/h7-35H,1-2H2,3-6H3/b36-16+. The molecule has 0 bridgehead atoms. The van der Waals surface area contributed by atoms with E-state index in [1.807, 2.05) is 18.2 Å². The highest BCUT2D eigenvalue weighted by Crippen LogP contribution is 2.57. The molecule has 0 saturated carbocycles. The number of fused-ring (bicyclic) bond motifs is 9. The Balaban J connectivity index is 1.07. The van der Waals surface area contributed by atoms with Crippen LogP contribution in [0.3, 0.4) is 0 Å². The van der Waals surface area contributed by atoms with Crippen LogP contribution in [-0.4, -0.2) is 0 Å². The van der Waals surface area contributed by atoms with Crippen LogP contribution in [-0.2, 0) is 10.8 Å². The van der Waals surface area contributed by atoms with Gasteiger partial charge in [-0.2, -0.15) is 0 Å². The van der Waals surface area contributed by atoms with Gasteiger partial charge in [0.25, 0.3) is 0 Å². The summed E-state index contributed by atoms with van der Waals surface area (Å²) in [6.45, 7) is 17.6. The Morgan fingerprint density at radius 2 is 1.07 bits per heavy atom.